The van der Waals surface area contributed by atoms with E-state index in [1.54, 1.807) is 0 Å². The van der Waals surface area contributed by atoms with Crippen molar-refractivity contribution in [2.24, 2.45) is 5.73 Å². The molecule has 0 spiro atoms. The van der Waals surface area contributed by atoms with Crippen molar-refractivity contribution in [2.45, 2.75) is 56.9 Å². The molecule has 100 valence electrons. The fourth-order valence-electron chi connectivity index (χ4n) is 2.34. The van der Waals surface area contributed by atoms with Gasteiger partial charge in [-0.15, -0.1) is 0 Å². The number of thioether (sulfide) groups is 1. The minimum Gasteiger partial charge on any atom is -0.355 e. The van der Waals surface area contributed by atoms with E-state index >= 15 is 0 Å². The molecule has 3 N–H and O–H groups in total. The van der Waals surface area contributed by atoms with E-state index < -0.39 is 5.54 Å². The maximum absolute atomic E-state index is 12.0. The zero-order valence-corrected chi connectivity index (χ0v) is 11.8. The number of hydrogen-bond acceptors (Lipinski definition) is 3. The Morgan fingerprint density at radius 2 is 1.94 bits per heavy atom. The average Bonchev–Trinajstić information content (AvgIpc) is 2.34. The maximum Gasteiger partial charge on any atom is 0.240 e. The van der Waals surface area contributed by atoms with Gasteiger partial charge in [-0.25, -0.2) is 0 Å². The third-order valence-electron chi connectivity index (χ3n) is 3.51. The minimum atomic E-state index is -0.572. The van der Waals surface area contributed by atoms with Crippen molar-refractivity contribution in [1.82, 2.24) is 5.32 Å². The molecule has 17 heavy (non-hydrogen) atoms. The molecule has 1 aliphatic rings. The van der Waals surface area contributed by atoms with Crippen molar-refractivity contribution in [3.8, 4) is 0 Å². The topological polar surface area (TPSA) is 55.1 Å². The summed E-state index contributed by atoms with van der Waals surface area (Å²) in [5.74, 6) is 1.29. The maximum atomic E-state index is 12.0. The lowest BCUT2D eigenvalue weighted by atomic mass is 9.82. The second kappa shape index (κ2) is 7.98. The highest BCUT2D eigenvalue weighted by Gasteiger charge is 2.34. The Morgan fingerprint density at radius 1 is 1.24 bits per heavy atom. The zero-order chi connectivity index (χ0) is 12.6. The Bertz CT molecular complexity index is 227. The van der Waals surface area contributed by atoms with Crippen LogP contribution in [0.5, 0.6) is 0 Å². The van der Waals surface area contributed by atoms with E-state index in [0.717, 1.165) is 38.6 Å². The standard InChI is InChI=1S/C13H26N2OS/c1-17-11-7-3-6-10-15-12(16)13(14)8-4-2-5-9-13/h2-11,14H2,1H3,(H,15,16). The molecule has 1 saturated carbocycles. The summed E-state index contributed by atoms with van der Waals surface area (Å²) in [6.45, 7) is 0.784. The average molecular weight is 258 g/mol. The van der Waals surface area contributed by atoms with Gasteiger partial charge in [0.25, 0.3) is 0 Å². The van der Waals surface area contributed by atoms with E-state index in [9.17, 15) is 4.79 Å². The van der Waals surface area contributed by atoms with Gasteiger partial charge in [0.1, 0.15) is 0 Å². The van der Waals surface area contributed by atoms with Gasteiger partial charge in [-0.05, 0) is 37.7 Å². The van der Waals surface area contributed by atoms with Gasteiger partial charge in [-0.3, -0.25) is 4.79 Å². The van der Waals surface area contributed by atoms with Crippen molar-refractivity contribution in [3.63, 3.8) is 0 Å². The number of nitrogens with one attached hydrogen (secondary N) is 1. The number of rotatable bonds is 7. The summed E-state index contributed by atoms with van der Waals surface area (Å²) < 4.78 is 0. The van der Waals surface area contributed by atoms with E-state index in [1.165, 1.54) is 25.0 Å². The van der Waals surface area contributed by atoms with Crippen molar-refractivity contribution in [1.29, 1.82) is 0 Å². The summed E-state index contributed by atoms with van der Waals surface area (Å²) >= 11 is 1.88. The SMILES string of the molecule is CSCCCCCNC(=O)C1(N)CCCCC1. The van der Waals surface area contributed by atoms with Gasteiger partial charge in [0.2, 0.25) is 5.91 Å². The lowest BCUT2D eigenvalue weighted by molar-refractivity contribution is -0.127. The van der Waals surface area contributed by atoms with E-state index in [-0.39, 0.29) is 5.91 Å². The second-order valence-electron chi connectivity index (χ2n) is 5.03. The van der Waals surface area contributed by atoms with Gasteiger partial charge in [0, 0.05) is 6.54 Å². The number of carbonyl (C=O) groups excluding carboxylic acids is 1. The molecule has 3 nitrogen and oxygen atoms in total. The monoisotopic (exact) mass is 258 g/mol. The normalized spacial score (nSPS) is 18.9. The first kappa shape index (κ1) is 14.8. The summed E-state index contributed by atoms with van der Waals surface area (Å²) in [6, 6.07) is 0. The quantitative estimate of drug-likeness (QED) is 0.689. The fraction of sp³-hybridized carbons (Fsp3) is 0.923. The summed E-state index contributed by atoms with van der Waals surface area (Å²) in [4.78, 5) is 12.0. The first-order valence-electron chi connectivity index (χ1n) is 6.75. The van der Waals surface area contributed by atoms with Crippen molar-refractivity contribution in [3.05, 3.63) is 0 Å². The molecule has 0 bridgehead atoms. The van der Waals surface area contributed by atoms with Gasteiger partial charge >= 0.3 is 0 Å². The minimum absolute atomic E-state index is 0.0714. The highest BCUT2D eigenvalue weighted by Crippen LogP contribution is 2.25. The van der Waals surface area contributed by atoms with Crippen LogP contribution in [0.2, 0.25) is 0 Å². The molecule has 0 aliphatic heterocycles. The highest BCUT2D eigenvalue weighted by molar-refractivity contribution is 7.98. The van der Waals surface area contributed by atoms with Crippen molar-refractivity contribution < 1.29 is 4.79 Å². The lowest BCUT2D eigenvalue weighted by Crippen LogP contribution is -2.55. The molecular weight excluding hydrogens is 232 g/mol. The van der Waals surface area contributed by atoms with Crippen LogP contribution >= 0.6 is 11.8 Å². The van der Waals surface area contributed by atoms with Crippen LogP contribution in [0.4, 0.5) is 0 Å². The summed E-state index contributed by atoms with van der Waals surface area (Å²) in [5.41, 5.74) is 5.58. The molecule has 0 aromatic rings. The first-order valence-corrected chi connectivity index (χ1v) is 8.14. The smallest absolute Gasteiger partial charge is 0.240 e. The number of carbonyl (C=O) groups is 1. The molecular formula is C13H26N2OS. The van der Waals surface area contributed by atoms with Crippen LogP contribution in [0.15, 0.2) is 0 Å². The van der Waals surface area contributed by atoms with Crippen LogP contribution in [0, 0.1) is 0 Å². The molecule has 1 fully saturated rings. The molecule has 0 saturated heterocycles. The molecule has 0 unspecified atom stereocenters. The third kappa shape index (κ3) is 5.30. The molecule has 1 aliphatic carbocycles. The number of hydrogen-bond donors (Lipinski definition) is 2. The molecule has 0 radical (unpaired) electrons. The lowest BCUT2D eigenvalue weighted by Gasteiger charge is -2.31. The first-order chi connectivity index (χ1) is 8.19. The van der Waals surface area contributed by atoms with E-state index in [1.807, 2.05) is 11.8 Å². The highest BCUT2D eigenvalue weighted by atomic mass is 32.2. The molecule has 0 aromatic carbocycles. The Labute approximate surface area is 109 Å². The van der Waals surface area contributed by atoms with Gasteiger partial charge in [0.15, 0.2) is 0 Å². The Morgan fingerprint density at radius 3 is 2.59 bits per heavy atom. The van der Waals surface area contributed by atoms with Crippen LogP contribution in [0.3, 0.4) is 0 Å². The molecule has 1 rings (SSSR count). The van der Waals surface area contributed by atoms with Crippen LogP contribution in [0.25, 0.3) is 0 Å². The van der Waals surface area contributed by atoms with Crippen LogP contribution in [-0.4, -0.2) is 30.0 Å². The molecule has 0 atom stereocenters. The Hall–Kier alpha value is -0.220. The largest absolute Gasteiger partial charge is 0.355 e. The van der Waals surface area contributed by atoms with E-state index in [4.69, 9.17) is 5.73 Å². The van der Waals surface area contributed by atoms with Gasteiger partial charge in [-0.2, -0.15) is 11.8 Å². The Balaban J connectivity index is 2.11. The zero-order valence-electron chi connectivity index (χ0n) is 11.0. The van der Waals surface area contributed by atoms with Crippen molar-refractivity contribution >= 4 is 17.7 Å². The summed E-state index contributed by atoms with van der Waals surface area (Å²) in [7, 11) is 0. The number of unbranched alkanes of at least 4 members (excludes halogenated alkanes) is 2. The predicted molar refractivity (Wildman–Crippen MR) is 75.2 cm³/mol. The van der Waals surface area contributed by atoms with Gasteiger partial charge in [0.05, 0.1) is 5.54 Å². The van der Waals surface area contributed by atoms with Crippen LogP contribution < -0.4 is 11.1 Å². The second-order valence-corrected chi connectivity index (χ2v) is 6.01. The van der Waals surface area contributed by atoms with Gasteiger partial charge in [-0.1, -0.05) is 25.7 Å². The summed E-state index contributed by atoms with van der Waals surface area (Å²) in [6.07, 6.45) is 10.8. The molecule has 1 amide bonds. The van der Waals surface area contributed by atoms with Crippen molar-refractivity contribution in [2.75, 3.05) is 18.6 Å². The van der Waals surface area contributed by atoms with Gasteiger partial charge < -0.3 is 11.1 Å². The van der Waals surface area contributed by atoms with Crippen LogP contribution in [0.1, 0.15) is 51.4 Å². The summed E-state index contributed by atoms with van der Waals surface area (Å²) in [5, 5.41) is 3.00. The van der Waals surface area contributed by atoms with E-state index in [0.29, 0.717) is 0 Å². The van der Waals surface area contributed by atoms with Crippen LogP contribution in [-0.2, 0) is 4.79 Å². The number of nitrogens with two attached hydrogens (primary N) is 1. The Kier molecular flexibility index (Phi) is 6.97. The predicted octanol–water partition coefficient (Wildman–Crippen LogP) is 2.30. The fourth-order valence-corrected chi connectivity index (χ4v) is 2.83. The molecule has 0 aromatic heterocycles. The molecule has 4 heteroatoms. The van der Waals surface area contributed by atoms with E-state index in [2.05, 4.69) is 11.6 Å². The molecule has 0 heterocycles. The third-order valence-corrected chi connectivity index (χ3v) is 4.21. The number of amides is 1.